The number of nitrogens with one attached hydrogen (secondary N) is 1. The minimum atomic E-state index is -0.170. The van der Waals surface area contributed by atoms with Crippen molar-refractivity contribution in [2.75, 3.05) is 13.1 Å². The van der Waals surface area contributed by atoms with Gasteiger partial charge in [-0.1, -0.05) is 12.5 Å². The molecule has 0 spiro atoms. The van der Waals surface area contributed by atoms with E-state index in [0.29, 0.717) is 12.5 Å². The zero-order chi connectivity index (χ0) is 18.1. The van der Waals surface area contributed by atoms with Crippen molar-refractivity contribution in [2.24, 2.45) is 13.0 Å². The number of aryl methyl sites for hydroxylation is 2. The molecule has 138 valence electrons. The fraction of sp³-hybridized carbons (Fsp3) is 0.550. The molecule has 1 atom stereocenters. The van der Waals surface area contributed by atoms with Crippen molar-refractivity contribution in [3.63, 3.8) is 0 Å². The van der Waals surface area contributed by atoms with E-state index in [-0.39, 0.29) is 11.8 Å². The molecule has 2 aromatic heterocycles. The van der Waals surface area contributed by atoms with Crippen molar-refractivity contribution in [2.45, 2.75) is 45.2 Å². The largest absolute Gasteiger partial charge is 0.355 e. The molecule has 1 saturated carbocycles. The van der Waals surface area contributed by atoms with Gasteiger partial charge in [0, 0.05) is 38.9 Å². The van der Waals surface area contributed by atoms with Gasteiger partial charge in [-0.05, 0) is 37.8 Å². The van der Waals surface area contributed by atoms with E-state index in [1.165, 1.54) is 19.3 Å². The van der Waals surface area contributed by atoms with Crippen LogP contribution < -0.4 is 5.32 Å². The molecule has 2 aromatic rings. The normalized spacial score (nSPS) is 20.5. The number of pyridine rings is 1. The lowest BCUT2D eigenvalue weighted by Gasteiger charge is -2.33. The summed E-state index contributed by atoms with van der Waals surface area (Å²) in [6, 6.07) is 6.09. The second-order valence-corrected chi connectivity index (χ2v) is 7.72. The van der Waals surface area contributed by atoms with Gasteiger partial charge in [-0.3, -0.25) is 14.7 Å². The Balaban J connectivity index is 1.50. The molecule has 1 N–H and O–H groups in total. The van der Waals surface area contributed by atoms with Crippen LogP contribution in [0.2, 0.25) is 0 Å². The van der Waals surface area contributed by atoms with E-state index in [9.17, 15) is 4.79 Å². The molecule has 3 heterocycles. The van der Waals surface area contributed by atoms with Gasteiger partial charge in [-0.15, -0.1) is 0 Å². The summed E-state index contributed by atoms with van der Waals surface area (Å²) < 4.78 is 2.01. The SMILES string of the molecule is Cc1cccc(CN2Cc3ncn(C)c3[C@@H](C(=O)NCC3CCC3)C2)n1. The molecule has 1 fully saturated rings. The Morgan fingerprint density at radius 2 is 2.19 bits per heavy atom. The van der Waals surface area contributed by atoms with Crippen LogP contribution in [0.15, 0.2) is 24.5 Å². The van der Waals surface area contributed by atoms with Gasteiger partial charge in [-0.2, -0.15) is 0 Å². The van der Waals surface area contributed by atoms with Gasteiger partial charge in [0.25, 0.3) is 0 Å². The van der Waals surface area contributed by atoms with E-state index in [2.05, 4.69) is 20.2 Å². The first-order valence-electron chi connectivity index (χ1n) is 9.53. The standard InChI is InChI=1S/C20H27N5O/c1-14-5-3-8-16(23-14)10-25-11-17(19-18(12-25)22-13-24(19)2)20(26)21-9-15-6-4-7-15/h3,5,8,13,15,17H,4,6-7,9-12H2,1-2H3,(H,21,26)/t17-/m0/s1. The van der Waals surface area contributed by atoms with Crippen molar-refractivity contribution in [1.29, 1.82) is 0 Å². The number of carbonyl (C=O) groups is 1. The highest BCUT2D eigenvalue weighted by Crippen LogP contribution is 2.29. The first kappa shape index (κ1) is 17.2. The fourth-order valence-electron chi connectivity index (χ4n) is 3.99. The molecule has 1 aliphatic heterocycles. The summed E-state index contributed by atoms with van der Waals surface area (Å²) in [6.07, 6.45) is 5.61. The monoisotopic (exact) mass is 353 g/mol. The van der Waals surface area contributed by atoms with Gasteiger partial charge < -0.3 is 9.88 Å². The van der Waals surface area contributed by atoms with Crippen molar-refractivity contribution in [3.05, 3.63) is 47.3 Å². The van der Waals surface area contributed by atoms with Gasteiger partial charge >= 0.3 is 0 Å². The third-order valence-electron chi connectivity index (χ3n) is 5.64. The molecule has 6 nitrogen and oxygen atoms in total. The second kappa shape index (κ2) is 7.19. The highest BCUT2D eigenvalue weighted by atomic mass is 16.1. The molecule has 2 aliphatic rings. The Hall–Kier alpha value is -2.21. The van der Waals surface area contributed by atoms with Gasteiger partial charge in [0.2, 0.25) is 5.91 Å². The fourth-order valence-corrected chi connectivity index (χ4v) is 3.99. The molecule has 4 rings (SSSR count). The number of amides is 1. The van der Waals surface area contributed by atoms with Gasteiger partial charge in [0.05, 0.1) is 29.3 Å². The second-order valence-electron chi connectivity index (χ2n) is 7.72. The average molecular weight is 353 g/mol. The number of imidazole rings is 1. The van der Waals surface area contributed by atoms with Crippen LogP contribution in [-0.2, 0) is 24.9 Å². The lowest BCUT2D eigenvalue weighted by Crippen LogP contribution is -2.43. The summed E-state index contributed by atoms with van der Waals surface area (Å²) in [5.74, 6) is 0.626. The maximum Gasteiger partial charge on any atom is 0.230 e. The van der Waals surface area contributed by atoms with Crippen LogP contribution in [0.5, 0.6) is 0 Å². The molecule has 0 radical (unpaired) electrons. The van der Waals surface area contributed by atoms with Crippen molar-refractivity contribution < 1.29 is 4.79 Å². The molecular weight excluding hydrogens is 326 g/mol. The van der Waals surface area contributed by atoms with Gasteiger partial charge in [0.15, 0.2) is 0 Å². The minimum absolute atomic E-state index is 0.128. The first-order chi connectivity index (χ1) is 12.6. The van der Waals surface area contributed by atoms with Crippen molar-refractivity contribution in [3.8, 4) is 0 Å². The van der Waals surface area contributed by atoms with Gasteiger partial charge in [0.1, 0.15) is 0 Å². The molecule has 26 heavy (non-hydrogen) atoms. The van der Waals surface area contributed by atoms with E-state index in [0.717, 1.165) is 42.4 Å². The quantitative estimate of drug-likeness (QED) is 0.895. The summed E-state index contributed by atoms with van der Waals surface area (Å²) in [4.78, 5) is 24.3. The smallest absolute Gasteiger partial charge is 0.230 e. The highest BCUT2D eigenvalue weighted by molar-refractivity contribution is 5.84. The summed E-state index contributed by atoms with van der Waals surface area (Å²) in [5.41, 5.74) is 4.13. The third kappa shape index (κ3) is 3.51. The first-order valence-corrected chi connectivity index (χ1v) is 9.53. The molecule has 0 aromatic carbocycles. The van der Waals surface area contributed by atoms with Gasteiger partial charge in [-0.25, -0.2) is 4.98 Å². The van der Waals surface area contributed by atoms with Crippen LogP contribution in [-0.4, -0.2) is 38.4 Å². The zero-order valence-electron chi connectivity index (χ0n) is 15.6. The van der Waals surface area contributed by atoms with E-state index in [1.807, 2.05) is 43.1 Å². The minimum Gasteiger partial charge on any atom is -0.355 e. The average Bonchev–Trinajstić information content (AvgIpc) is 2.94. The Morgan fingerprint density at radius 3 is 2.92 bits per heavy atom. The number of fused-ring (bicyclic) bond motifs is 1. The number of nitrogens with zero attached hydrogens (tertiary/aromatic N) is 4. The number of hydrogen-bond donors (Lipinski definition) is 1. The highest BCUT2D eigenvalue weighted by Gasteiger charge is 2.34. The maximum atomic E-state index is 12.9. The molecule has 1 amide bonds. The molecule has 0 saturated heterocycles. The summed E-state index contributed by atoms with van der Waals surface area (Å²) in [6.45, 7) is 5.02. The summed E-state index contributed by atoms with van der Waals surface area (Å²) in [7, 11) is 1.98. The summed E-state index contributed by atoms with van der Waals surface area (Å²) >= 11 is 0. The van der Waals surface area contributed by atoms with E-state index in [1.54, 1.807) is 0 Å². The van der Waals surface area contributed by atoms with Crippen molar-refractivity contribution >= 4 is 5.91 Å². The Bertz CT molecular complexity index is 795. The third-order valence-corrected chi connectivity index (χ3v) is 5.64. The van der Waals surface area contributed by atoms with Crippen LogP contribution in [0, 0.1) is 12.8 Å². The van der Waals surface area contributed by atoms with Crippen molar-refractivity contribution in [1.82, 2.24) is 24.8 Å². The van der Waals surface area contributed by atoms with E-state index < -0.39 is 0 Å². The Kier molecular flexibility index (Phi) is 4.76. The van der Waals surface area contributed by atoms with Crippen LogP contribution in [0.1, 0.15) is 48.0 Å². The number of rotatable bonds is 5. The maximum absolute atomic E-state index is 12.9. The Labute approximate surface area is 154 Å². The van der Waals surface area contributed by atoms with Crippen LogP contribution in [0.4, 0.5) is 0 Å². The van der Waals surface area contributed by atoms with E-state index in [4.69, 9.17) is 0 Å². The predicted molar refractivity (Wildman–Crippen MR) is 99.4 cm³/mol. The predicted octanol–water partition coefficient (Wildman–Crippen LogP) is 2.14. The van der Waals surface area contributed by atoms with Crippen LogP contribution in [0.3, 0.4) is 0 Å². The molecule has 0 unspecified atom stereocenters. The molecular formula is C20H27N5O. The summed E-state index contributed by atoms with van der Waals surface area (Å²) in [5, 5.41) is 3.18. The number of carbonyl (C=O) groups excluding carboxylic acids is 1. The lowest BCUT2D eigenvalue weighted by atomic mass is 9.85. The molecule has 0 bridgehead atoms. The number of aromatic nitrogens is 3. The molecule has 6 heteroatoms. The topological polar surface area (TPSA) is 63.1 Å². The van der Waals surface area contributed by atoms with Crippen LogP contribution >= 0.6 is 0 Å². The lowest BCUT2D eigenvalue weighted by molar-refractivity contribution is -0.123. The molecule has 1 aliphatic carbocycles. The van der Waals surface area contributed by atoms with E-state index >= 15 is 0 Å². The number of hydrogen-bond acceptors (Lipinski definition) is 4. The Morgan fingerprint density at radius 1 is 1.35 bits per heavy atom. The van der Waals surface area contributed by atoms with Crippen LogP contribution in [0.25, 0.3) is 0 Å². The zero-order valence-corrected chi connectivity index (χ0v) is 15.6.